The van der Waals surface area contributed by atoms with E-state index in [0.717, 1.165) is 16.9 Å². The van der Waals surface area contributed by atoms with Gasteiger partial charge in [-0.1, -0.05) is 43.0 Å². The van der Waals surface area contributed by atoms with Crippen LogP contribution in [0.1, 0.15) is 32.7 Å². The van der Waals surface area contributed by atoms with Gasteiger partial charge in [0.2, 0.25) is 0 Å². The first kappa shape index (κ1) is 23.8. The highest BCUT2D eigenvalue weighted by atomic mass is 32.1. The van der Waals surface area contributed by atoms with Crippen LogP contribution in [0.5, 0.6) is 0 Å². The minimum absolute atomic E-state index is 0.0970. The standard InChI is InChI=1S/C23H27N3O5S/c1-4-11-31-23(29)20-15(2)19-21(28)24-18(25-22(19)32-20)14-26(10-12-30-3)13-17(27)16-8-6-5-7-9-16/h4-9,17,27H,1,10-14H2,2-3H3,(H,24,25,28)/t17-/m1/s1. The van der Waals surface area contributed by atoms with Gasteiger partial charge in [-0.3, -0.25) is 9.69 Å². The van der Waals surface area contributed by atoms with E-state index >= 15 is 0 Å². The number of carbonyl (C=O) groups is 1. The van der Waals surface area contributed by atoms with E-state index in [1.807, 2.05) is 35.2 Å². The van der Waals surface area contributed by atoms with Crippen LogP contribution in [0.3, 0.4) is 0 Å². The van der Waals surface area contributed by atoms with E-state index in [0.29, 0.717) is 52.7 Å². The van der Waals surface area contributed by atoms with Crippen molar-refractivity contribution < 1.29 is 19.4 Å². The van der Waals surface area contributed by atoms with Gasteiger partial charge in [-0.15, -0.1) is 11.3 Å². The summed E-state index contributed by atoms with van der Waals surface area (Å²) in [5.41, 5.74) is 1.05. The maximum Gasteiger partial charge on any atom is 0.348 e. The average Bonchev–Trinajstić information content (AvgIpc) is 3.13. The summed E-state index contributed by atoms with van der Waals surface area (Å²) < 4.78 is 10.3. The minimum Gasteiger partial charge on any atom is -0.457 e. The SMILES string of the molecule is C=CCOC(=O)c1sc2nc(CN(CCOC)C[C@@H](O)c3ccccc3)[nH]c(=O)c2c1C. The Balaban J connectivity index is 1.85. The summed E-state index contributed by atoms with van der Waals surface area (Å²) in [6.45, 7) is 7.01. The first-order chi connectivity index (χ1) is 15.4. The van der Waals surface area contributed by atoms with E-state index < -0.39 is 12.1 Å². The highest BCUT2D eigenvalue weighted by molar-refractivity contribution is 7.20. The van der Waals surface area contributed by atoms with Crippen LogP contribution in [0, 0.1) is 6.92 Å². The molecule has 2 heterocycles. The molecular formula is C23H27N3O5S. The Kier molecular flexibility index (Phi) is 8.29. The molecule has 0 radical (unpaired) electrons. The van der Waals surface area contributed by atoms with Gasteiger partial charge in [0, 0.05) is 20.2 Å². The molecule has 0 aliphatic rings. The van der Waals surface area contributed by atoms with E-state index in [9.17, 15) is 14.7 Å². The summed E-state index contributed by atoms with van der Waals surface area (Å²) in [7, 11) is 1.61. The fourth-order valence-electron chi connectivity index (χ4n) is 3.35. The molecule has 1 aromatic carbocycles. The molecule has 0 aliphatic heterocycles. The lowest BCUT2D eigenvalue weighted by atomic mass is 10.1. The Bertz CT molecular complexity index is 1130. The summed E-state index contributed by atoms with van der Waals surface area (Å²) in [4.78, 5) is 35.2. The van der Waals surface area contributed by atoms with Gasteiger partial charge < -0.3 is 19.6 Å². The lowest BCUT2D eigenvalue weighted by Gasteiger charge is -2.24. The fourth-order valence-corrected chi connectivity index (χ4v) is 4.44. The summed E-state index contributed by atoms with van der Waals surface area (Å²) in [6.07, 6.45) is 0.793. The summed E-state index contributed by atoms with van der Waals surface area (Å²) >= 11 is 1.13. The van der Waals surface area contributed by atoms with E-state index in [1.165, 1.54) is 6.08 Å². The number of benzene rings is 1. The molecule has 0 unspecified atom stereocenters. The van der Waals surface area contributed by atoms with Crippen molar-refractivity contribution in [3.05, 3.63) is 75.2 Å². The zero-order chi connectivity index (χ0) is 23.1. The molecule has 8 nitrogen and oxygen atoms in total. The Labute approximate surface area is 190 Å². The number of aromatic amines is 1. The van der Waals surface area contributed by atoms with Crippen LogP contribution in [-0.4, -0.2) is 59.4 Å². The number of methoxy groups -OCH3 is 1. The van der Waals surface area contributed by atoms with Crippen molar-refractivity contribution in [2.45, 2.75) is 19.6 Å². The molecule has 3 aromatic rings. The number of ether oxygens (including phenoxy) is 2. The van der Waals surface area contributed by atoms with Crippen molar-refractivity contribution in [3.63, 3.8) is 0 Å². The molecule has 3 rings (SSSR count). The topological polar surface area (TPSA) is 105 Å². The van der Waals surface area contributed by atoms with Gasteiger partial charge in [0.05, 0.1) is 24.6 Å². The molecule has 0 bridgehead atoms. The Morgan fingerprint density at radius 1 is 1.38 bits per heavy atom. The number of carbonyl (C=O) groups excluding carboxylic acids is 1. The van der Waals surface area contributed by atoms with Crippen LogP contribution >= 0.6 is 11.3 Å². The Morgan fingerprint density at radius 3 is 2.81 bits per heavy atom. The lowest BCUT2D eigenvalue weighted by Crippen LogP contribution is -2.32. The molecule has 0 amide bonds. The van der Waals surface area contributed by atoms with Crippen molar-refractivity contribution in [1.82, 2.24) is 14.9 Å². The van der Waals surface area contributed by atoms with Gasteiger partial charge in [-0.2, -0.15) is 0 Å². The summed E-state index contributed by atoms with van der Waals surface area (Å²) in [5.74, 6) is -0.0508. The van der Waals surface area contributed by atoms with Gasteiger partial charge in [0.1, 0.15) is 22.1 Å². The number of rotatable bonds is 11. The molecular weight excluding hydrogens is 430 g/mol. The quantitative estimate of drug-likeness (QED) is 0.337. The monoisotopic (exact) mass is 457 g/mol. The van der Waals surface area contributed by atoms with E-state index in [-0.39, 0.29) is 12.2 Å². The molecule has 2 N–H and O–H groups in total. The number of H-pyrrole nitrogens is 1. The number of fused-ring (bicyclic) bond motifs is 1. The zero-order valence-electron chi connectivity index (χ0n) is 18.2. The van der Waals surface area contributed by atoms with Crippen LogP contribution in [-0.2, 0) is 16.0 Å². The highest BCUT2D eigenvalue weighted by Crippen LogP contribution is 2.28. The molecule has 1 atom stereocenters. The van der Waals surface area contributed by atoms with Crippen LogP contribution in [0.25, 0.3) is 10.2 Å². The van der Waals surface area contributed by atoms with E-state index in [2.05, 4.69) is 16.5 Å². The molecule has 32 heavy (non-hydrogen) atoms. The summed E-state index contributed by atoms with van der Waals surface area (Å²) in [6, 6.07) is 9.39. The minimum atomic E-state index is -0.696. The van der Waals surface area contributed by atoms with Gasteiger partial charge in [0.15, 0.2) is 0 Å². The second kappa shape index (κ2) is 11.1. The number of aliphatic hydroxyl groups excluding tert-OH is 1. The predicted octanol–water partition coefficient (Wildman–Crippen LogP) is 2.82. The van der Waals surface area contributed by atoms with E-state index in [1.54, 1.807) is 14.0 Å². The number of esters is 1. The second-order valence-corrected chi connectivity index (χ2v) is 8.29. The number of thiophene rings is 1. The van der Waals surface area contributed by atoms with Gasteiger partial charge >= 0.3 is 5.97 Å². The maximum absolute atomic E-state index is 12.8. The Hall–Kier alpha value is -2.85. The van der Waals surface area contributed by atoms with Crippen molar-refractivity contribution in [1.29, 1.82) is 0 Å². The maximum atomic E-state index is 12.8. The average molecular weight is 458 g/mol. The molecule has 9 heteroatoms. The zero-order valence-corrected chi connectivity index (χ0v) is 19.0. The number of hydrogen-bond acceptors (Lipinski definition) is 8. The normalized spacial score (nSPS) is 12.2. The van der Waals surface area contributed by atoms with Crippen LogP contribution in [0.2, 0.25) is 0 Å². The Morgan fingerprint density at radius 2 is 2.12 bits per heavy atom. The number of aryl methyl sites for hydroxylation is 1. The molecule has 0 saturated heterocycles. The molecule has 2 aromatic heterocycles. The molecule has 0 aliphatic carbocycles. The predicted molar refractivity (Wildman–Crippen MR) is 124 cm³/mol. The van der Waals surface area contributed by atoms with Crippen molar-refractivity contribution in [2.75, 3.05) is 33.4 Å². The third kappa shape index (κ3) is 5.68. The molecule has 170 valence electrons. The number of hydrogen-bond donors (Lipinski definition) is 2. The van der Waals surface area contributed by atoms with Crippen LogP contribution in [0.15, 0.2) is 47.8 Å². The van der Waals surface area contributed by atoms with Crippen molar-refractivity contribution in [2.24, 2.45) is 0 Å². The van der Waals surface area contributed by atoms with Crippen molar-refractivity contribution in [3.8, 4) is 0 Å². The molecule has 0 fully saturated rings. The lowest BCUT2D eigenvalue weighted by molar-refractivity contribution is 0.0554. The first-order valence-corrected chi connectivity index (χ1v) is 11.0. The first-order valence-electron chi connectivity index (χ1n) is 10.2. The van der Waals surface area contributed by atoms with Gasteiger partial charge in [0.25, 0.3) is 5.56 Å². The number of nitrogens with one attached hydrogen (secondary N) is 1. The number of aliphatic hydroxyl groups is 1. The highest BCUT2D eigenvalue weighted by Gasteiger charge is 2.21. The van der Waals surface area contributed by atoms with Gasteiger partial charge in [-0.25, -0.2) is 9.78 Å². The van der Waals surface area contributed by atoms with Crippen molar-refractivity contribution >= 4 is 27.5 Å². The van der Waals surface area contributed by atoms with Gasteiger partial charge in [-0.05, 0) is 18.1 Å². The fraction of sp³-hybridized carbons (Fsp3) is 0.348. The smallest absolute Gasteiger partial charge is 0.348 e. The molecule has 0 saturated carbocycles. The van der Waals surface area contributed by atoms with Crippen LogP contribution in [0.4, 0.5) is 0 Å². The second-order valence-electron chi connectivity index (χ2n) is 7.29. The molecule has 0 spiro atoms. The number of nitrogens with zero attached hydrogens (tertiary/aromatic N) is 2. The summed E-state index contributed by atoms with van der Waals surface area (Å²) in [5, 5.41) is 11.0. The van der Waals surface area contributed by atoms with E-state index in [4.69, 9.17) is 9.47 Å². The third-order valence-corrected chi connectivity index (χ3v) is 6.13. The third-order valence-electron chi connectivity index (χ3n) is 4.97. The largest absolute Gasteiger partial charge is 0.457 e. The number of aromatic nitrogens is 2. The van der Waals surface area contributed by atoms with Crippen LogP contribution < -0.4 is 5.56 Å².